The van der Waals surface area contributed by atoms with Gasteiger partial charge in [-0.3, -0.25) is 10.5 Å². The summed E-state index contributed by atoms with van der Waals surface area (Å²) in [5, 5.41) is 2.52. The van der Waals surface area contributed by atoms with Crippen LogP contribution >= 0.6 is 0 Å². The maximum absolute atomic E-state index is 10.6. The first-order valence-corrected chi connectivity index (χ1v) is 2.72. The van der Waals surface area contributed by atoms with Crippen molar-refractivity contribution in [3.8, 4) is 0 Å². The van der Waals surface area contributed by atoms with Crippen molar-refractivity contribution in [2.24, 2.45) is 16.5 Å². The van der Waals surface area contributed by atoms with E-state index in [9.17, 15) is 4.79 Å². The van der Waals surface area contributed by atoms with E-state index in [1.807, 2.05) is 0 Å². The van der Waals surface area contributed by atoms with Gasteiger partial charge in [-0.1, -0.05) is 0 Å². The number of nitrogens with two attached hydrogens (primary N) is 2. The normalized spacial score (nSPS) is 29.7. The third-order valence-corrected chi connectivity index (χ3v) is 1.14. The molecule has 5 heteroatoms. The largest absolute Gasteiger partial charge is 0.365 e. The predicted octanol–water partition coefficient (Wildman–Crippen LogP) is -1.73. The van der Waals surface area contributed by atoms with Crippen molar-refractivity contribution in [3.05, 3.63) is 12.3 Å². The number of aliphatic imine (C=N–C) groups is 1. The molecule has 0 aromatic heterocycles. The van der Waals surface area contributed by atoms with Crippen LogP contribution in [0.2, 0.25) is 0 Å². The van der Waals surface area contributed by atoms with Gasteiger partial charge in [0.25, 0.3) is 11.7 Å². The summed E-state index contributed by atoms with van der Waals surface area (Å²) in [7, 11) is 0. The standard InChI is InChI=1S/C5H8N4O/c6-4(10)5(7)8-2-1-3-9-5/h1-3,8H,7H2,(H2,6,10). The monoisotopic (exact) mass is 140 g/mol. The molecule has 1 amide bonds. The number of carbonyl (C=O) groups is 1. The lowest BCUT2D eigenvalue weighted by molar-refractivity contribution is -0.123. The summed E-state index contributed by atoms with van der Waals surface area (Å²) in [5.74, 6) is -2.15. The van der Waals surface area contributed by atoms with E-state index in [-0.39, 0.29) is 0 Å². The Hall–Kier alpha value is -1.36. The van der Waals surface area contributed by atoms with Crippen LogP contribution in [0.5, 0.6) is 0 Å². The number of allylic oxidation sites excluding steroid dienone is 1. The van der Waals surface area contributed by atoms with Gasteiger partial charge in [-0.15, -0.1) is 0 Å². The van der Waals surface area contributed by atoms with E-state index in [0.717, 1.165) is 0 Å². The molecule has 1 aliphatic heterocycles. The molecule has 0 bridgehead atoms. The molecular weight excluding hydrogens is 132 g/mol. The number of hydrogen-bond donors (Lipinski definition) is 3. The second-order valence-corrected chi connectivity index (χ2v) is 1.91. The van der Waals surface area contributed by atoms with Crippen LogP contribution in [-0.2, 0) is 4.79 Å². The van der Waals surface area contributed by atoms with E-state index in [0.29, 0.717) is 0 Å². The van der Waals surface area contributed by atoms with Crippen LogP contribution in [0.15, 0.2) is 17.3 Å². The summed E-state index contributed by atoms with van der Waals surface area (Å²) < 4.78 is 0. The lowest BCUT2D eigenvalue weighted by Crippen LogP contribution is -2.60. The highest BCUT2D eigenvalue weighted by molar-refractivity contribution is 5.87. The van der Waals surface area contributed by atoms with E-state index in [4.69, 9.17) is 11.5 Å². The molecule has 1 rings (SSSR count). The Kier molecular flexibility index (Phi) is 1.42. The number of nitrogens with one attached hydrogen (secondary N) is 1. The predicted molar refractivity (Wildman–Crippen MR) is 36.9 cm³/mol. The summed E-state index contributed by atoms with van der Waals surface area (Å²) in [4.78, 5) is 14.2. The fourth-order valence-electron chi connectivity index (χ4n) is 0.551. The van der Waals surface area contributed by atoms with Gasteiger partial charge in [0.2, 0.25) is 0 Å². The zero-order valence-corrected chi connectivity index (χ0v) is 5.24. The summed E-state index contributed by atoms with van der Waals surface area (Å²) in [6, 6.07) is 0. The minimum absolute atomic E-state index is 0.701. The van der Waals surface area contributed by atoms with E-state index in [1.54, 1.807) is 6.08 Å². The lowest BCUT2D eigenvalue weighted by Gasteiger charge is -2.22. The number of primary amides is 1. The van der Waals surface area contributed by atoms with Gasteiger partial charge >= 0.3 is 0 Å². The van der Waals surface area contributed by atoms with Gasteiger partial charge in [-0.05, 0) is 6.08 Å². The van der Waals surface area contributed by atoms with Crippen LogP contribution in [0.25, 0.3) is 0 Å². The molecule has 10 heavy (non-hydrogen) atoms. The Morgan fingerprint density at radius 1 is 1.70 bits per heavy atom. The van der Waals surface area contributed by atoms with Crippen molar-refractivity contribution in [2.75, 3.05) is 0 Å². The number of amides is 1. The molecule has 1 aliphatic rings. The van der Waals surface area contributed by atoms with Gasteiger partial charge in [-0.2, -0.15) is 0 Å². The quantitative estimate of drug-likeness (QED) is 0.404. The second-order valence-electron chi connectivity index (χ2n) is 1.91. The molecule has 1 heterocycles. The highest BCUT2D eigenvalue weighted by atomic mass is 16.2. The maximum Gasteiger partial charge on any atom is 0.281 e. The van der Waals surface area contributed by atoms with Gasteiger partial charge in [0, 0.05) is 12.4 Å². The fraction of sp³-hybridized carbons (Fsp3) is 0.200. The molecule has 1 unspecified atom stereocenters. The van der Waals surface area contributed by atoms with Crippen LogP contribution in [0.3, 0.4) is 0 Å². The van der Waals surface area contributed by atoms with E-state index in [1.165, 1.54) is 12.4 Å². The highest BCUT2D eigenvalue weighted by Gasteiger charge is 2.29. The highest BCUT2D eigenvalue weighted by Crippen LogP contribution is 1.98. The molecule has 0 spiro atoms. The lowest BCUT2D eigenvalue weighted by atomic mass is 10.3. The average molecular weight is 140 g/mol. The van der Waals surface area contributed by atoms with Crippen molar-refractivity contribution in [1.82, 2.24) is 5.32 Å². The molecule has 5 N–H and O–H groups in total. The summed E-state index contributed by atoms with van der Waals surface area (Å²) in [5.41, 5.74) is 10.3. The molecule has 0 radical (unpaired) electrons. The van der Waals surface area contributed by atoms with E-state index < -0.39 is 11.7 Å². The van der Waals surface area contributed by atoms with Gasteiger partial charge in [0.15, 0.2) is 0 Å². The average Bonchev–Trinajstić information content (AvgIpc) is 1.89. The van der Waals surface area contributed by atoms with Crippen LogP contribution in [0.4, 0.5) is 0 Å². The molecule has 1 atom stereocenters. The summed E-state index contributed by atoms with van der Waals surface area (Å²) in [6.07, 6.45) is 4.55. The molecular formula is C5H8N4O. The third-order valence-electron chi connectivity index (χ3n) is 1.14. The Bertz CT molecular complexity index is 210. The van der Waals surface area contributed by atoms with Gasteiger partial charge < -0.3 is 11.1 Å². The minimum Gasteiger partial charge on any atom is -0.365 e. The molecule has 0 saturated heterocycles. The Morgan fingerprint density at radius 3 is 2.70 bits per heavy atom. The Morgan fingerprint density at radius 2 is 2.40 bits per heavy atom. The van der Waals surface area contributed by atoms with Crippen LogP contribution < -0.4 is 16.8 Å². The molecule has 0 fully saturated rings. The number of hydrogen-bond acceptors (Lipinski definition) is 4. The topological polar surface area (TPSA) is 93.5 Å². The van der Waals surface area contributed by atoms with Gasteiger partial charge in [-0.25, -0.2) is 4.99 Å². The molecule has 0 saturated carbocycles. The fourth-order valence-corrected chi connectivity index (χ4v) is 0.551. The molecule has 0 aromatic carbocycles. The van der Waals surface area contributed by atoms with E-state index in [2.05, 4.69) is 10.3 Å². The molecule has 54 valence electrons. The Labute approximate surface area is 57.8 Å². The van der Waals surface area contributed by atoms with Crippen molar-refractivity contribution in [3.63, 3.8) is 0 Å². The summed E-state index contributed by atoms with van der Waals surface area (Å²) >= 11 is 0. The zero-order chi connectivity index (χ0) is 7.61. The summed E-state index contributed by atoms with van der Waals surface area (Å²) in [6.45, 7) is 0. The van der Waals surface area contributed by atoms with Crippen LogP contribution in [0, 0.1) is 0 Å². The smallest absolute Gasteiger partial charge is 0.281 e. The third kappa shape index (κ3) is 0.985. The first kappa shape index (κ1) is 6.76. The molecule has 0 aromatic rings. The van der Waals surface area contributed by atoms with E-state index >= 15 is 0 Å². The SMILES string of the molecule is NC(=O)C1(N)N=CC=CN1. The van der Waals surface area contributed by atoms with Crippen molar-refractivity contribution in [1.29, 1.82) is 0 Å². The van der Waals surface area contributed by atoms with Crippen LogP contribution in [0.1, 0.15) is 0 Å². The van der Waals surface area contributed by atoms with Crippen LogP contribution in [-0.4, -0.2) is 17.9 Å². The number of rotatable bonds is 1. The maximum atomic E-state index is 10.6. The second kappa shape index (κ2) is 2.11. The zero-order valence-electron chi connectivity index (χ0n) is 5.24. The molecule has 0 aliphatic carbocycles. The van der Waals surface area contributed by atoms with Crippen molar-refractivity contribution in [2.45, 2.75) is 5.79 Å². The first-order chi connectivity index (χ1) is 4.65. The Balaban J connectivity index is 2.80. The number of carbonyl (C=O) groups excluding carboxylic acids is 1. The number of nitrogens with zero attached hydrogens (tertiary/aromatic N) is 1. The van der Waals surface area contributed by atoms with Crippen molar-refractivity contribution < 1.29 is 4.79 Å². The minimum atomic E-state index is -1.45. The van der Waals surface area contributed by atoms with Crippen molar-refractivity contribution >= 4 is 12.1 Å². The van der Waals surface area contributed by atoms with Gasteiger partial charge in [0.1, 0.15) is 0 Å². The molecule has 5 nitrogen and oxygen atoms in total. The van der Waals surface area contributed by atoms with Gasteiger partial charge in [0.05, 0.1) is 0 Å². The first-order valence-electron chi connectivity index (χ1n) is 2.72.